The molecule has 2 aliphatic heterocycles. The highest BCUT2D eigenvalue weighted by Crippen LogP contribution is 2.36. The van der Waals surface area contributed by atoms with Crippen molar-refractivity contribution in [2.24, 2.45) is 5.92 Å². The van der Waals surface area contributed by atoms with Crippen LogP contribution in [-0.2, 0) is 80.7 Å². The maximum absolute atomic E-state index is 14.6. The van der Waals surface area contributed by atoms with E-state index in [0.29, 0.717) is 38.5 Å². The molecule has 0 amide bonds. The molecule has 0 saturated carbocycles. The predicted molar refractivity (Wildman–Crippen MR) is 377 cm³/mol. The standard InChI is InChI=1S/C81H84O26/c1-51(48-97-80-71(106-78(92)60-43-27-14-28-44-60)69(105-77(91)59-41-25-13-26-42-59)66(103-75(89)57-37-21-11-22-38-57)63(102-80)50-96-73(87)55-33-17-9-18-34-55)65(98-52(2)82)68(70(99-53(3)83)79(93)94-46-30-7-5-4-6-29-45-64(84)85)107-81-67(104-76(90)58-39-23-12-24-40-58)62(101-74(88)56-35-19-10-20-36-56)47-61(100-81)49-95-72(86)54-31-15-8-16-32-54/h8-28,31-44,51,61-63,65-71,79-81,93H,4-7,29-30,45-50H2,1-3H3,(H,84,85). The molecule has 14 atom stereocenters. The molecular formula is C81H84O26. The van der Waals surface area contributed by atoms with E-state index in [1.54, 1.807) is 127 Å². The first-order valence-electron chi connectivity index (χ1n) is 35.0. The summed E-state index contributed by atoms with van der Waals surface area (Å²) in [5.41, 5.74) is 0.327. The maximum atomic E-state index is 14.6. The number of ether oxygens (including phenoxy) is 14. The van der Waals surface area contributed by atoms with Crippen molar-refractivity contribution in [3.63, 3.8) is 0 Å². The average molecular weight is 1470 g/mol. The van der Waals surface area contributed by atoms with Gasteiger partial charge in [0.15, 0.2) is 49.4 Å². The molecule has 0 radical (unpaired) electrons. The average Bonchev–Trinajstić information content (AvgIpc) is 0.776. The highest BCUT2D eigenvalue weighted by Gasteiger charge is 2.55. The summed E-state index contributed by atoms with van der Waals surface area (Å²) in [6.07, 6.45) is -21.3. The number of carboxylic acids is 1. The van der Waals surface area contributed by atoms with E-state index in [2.05, 4.69) is 0 Å². The van der Waals surface area contributed by atoms with Crippen molar-refractivity contribution in [2.45, 2.75) is 152 Å². The highest BCUT2D eigenvalue weighted by molar-refractivity contribution is 5.93. The number of carbonyl (C=O) groups is 10. The largest absolute Gasteiger partial charge is 0.481 e. The van der Waals surface area contributed by atoms with Gasteiger partial charge in [-0.25, -0.2) is 33.6 Å². The molecule has 2 saturated heterocycles. The molecule has 26 nitrogen and oxygen atoms in total. The molecule has 0 spiro atoms. The molecule has 2 fully saturated rings. The van der Waals surface area contributed by atoms with Gasteiger partial charge in [-0.3, -0.25) is 14.4 Å². The van der Waals surface area contributed by atoms with E-state index >= 15 is 0 Å². The Morgan fingerprint density at radius 1 is 0.411 bits per heavy atom. The van der Waals surface area contributed by atoms with E-state index < -0.39 is 165 Å². The lowest BCUT2D eigenvalue weighted by atomic mass is 9.94. The Bertz CT molecular complexity index is 4000. The van der Waals surface area contributed by atoms with Crippen molar-refractivity contribution in [1.82, 2.24) is 0 Å². The van der Waals surface area contributed by atoms with Crippen LogP contribution in [-0.4, -0.2) is 176 Å². The molecule has 564 valence electrons. The van der Waals surface area contributed by atoms with E-state index in [0.717, 1.165) is 13.8 Å². The second-order valence-corrected chi connectivity index (χ2v) is 25.2. The molecule has 0 aromatic heterocycles. The van der Waals surface area contributed by atoms with Crippen LogP contribution in [0, 0.1) is 5.92 Å². The number of rotatable bonds is 37. The van der Waals surface area contributed by atoms with Gasteiger partial charge in [0.1, 0.15) is 37.6 Å². The van der Waals surface area contributed by atoms with E-state index in [1.165, 1.54) is 91.9 Å². The van der Waals surface area contributed by atoms with E-state index in [1.807, 2.05) is 0 Å². The second-order valence-electron chi connectivity index (χ2n) is 25.2. The number of carboxylic acid groups (broad SMARTS) is 1. The van der Waals surface area contributed by atoms with Crippen LogP contribution in [0.5, 0.6) is 0 Å². The Balaban J connectivity index is 1.14. The molecule has 7 aromatic carbocycles. The Morgan fingerprint density at radius 2 is 0.785 bits per heavy atom. The summed E-state index contributed by atoms with van der Waals surface area (Å²) in [4.78, 5) is 139. The molecule has 14 unspecified atom stereocenters. The minimum absolute atomic E-state index is 0.00677. The third-order valence-electron chi connectivity index (χ3n) is 17.1. The normalized spacial score (nSPS) is 20.3. The number of benzene rings is 7. The van der Waals surface area contributed by atoms with Gasteiger partial charge in [0, 0.05) is 39.2 Å². The van der Waals surface area contributed by atoms with Gasteiger partial charge in [-0.05, 0) is 97.8 Å². The summed E-state index contributed by atoms with van der Waals surface area (Å²) in [6, 6.07) is 54.2. The number of carbonyl (C=O) groups excluding carboxylic acids is 9. The fourth-order valence-corrected chi connectivity index (χ4v) is 11.8. The molecule has 0 bridgehead atoms. The van der Waals surface area contributed by atoms with E-state index in [-0.39, 0.29) is 58.4 Å². The molecule has 26 heteroatoms. The van der Waals surface area contributed by atoms with Crippen LogP contribution < -0.4 is 0 Å². The van der Waals surface area contributed by atoms with Gasteiger partial charge in [-0.15, -0.1) is 0 Å². The monoisotopic (exact) mass is 1470 g/mol. The van der Waals surface area contributed by atoms with Crippen LogP contribution in [0.3, 0.4) is 0 Å². The van der Waals surface area contributed by atoms with E-state index in [9.17, 15) is 53.1 Å². The van der Waals surface area contributed by atoms with Crippen LogP contribution in [0.2, 0.25) is 0 Å². The first-order valence-corrected chi connectivity index (χ1v) is 35.0. The van der Waals surface area contributed by atoms with Gasteiger partial charge in [0.05, 0.1) is 51.7 Å². The molecular weight excluding hydrogens is 1390 g/mol. The minimum Gasteiger partial charge on any atom is -0.481 e. The summed E-state index contributed by atoms with van der Waals surface area (Å²) in [6.45, 7) is 1.25. The van der Waals surface area contributed by atoms with Crippen LogP contribution >= 0.6 is 0 Å². The van der Waals surface area contributed by atoms with Gasteiger partial charge in [0.2, 0.25) is 0 Å². The summed E-state index contributed by atoms with van der Waals surface area (Å²) in [5, 5.41) is 21.6. The zero-order chi connectivity index (χ0) is 76.0. The number of aliphatic hydroxyl groups is 1. The fourth-order valence-electron chi connectivity index (χ4n) is 11.8. The minimum atomic E-state index is -2.19. The van der Waals surface area contributed by atoms with Crippen LogP contribution in [0.15, 0.2) is 212 Å². The first-order chi connectivity index (χ1) is 51.8. The van der Waals surface area contributed by atoms with Crippen molar-refractivity contribution in [1.29, 1.82) is 0 Å². The molecule has 9 rings (SSSR count). The Morgan fingerprint density at radius 3 is 1.22 bits per heavy atom. The molecule has 2 N–H and O–H groups in total. The number of hydrogen-bond donors (Lipinski definition) is 2. The van der Waals surface area contributed by atoms with Crippen molar-refractivity contribution in [3.8, 4) is 0 Å². The third kappa shape index (κ3) is 24.3. The number of unbranched alkanes of at least 4 members (excludes halogenated alkanes) is 5. The number of aliphatic carboxylic acids is 1. The molecule has 2 heterocycles. The number of hydrogen-bond acceptors (Lipinski definition) is 25. The molecule has 7 aromatic rings. The van der Waals surface area contributed by atoms with Gasteiger partial charge in [-0.2, -0.15) is 0 Å². The lowest BCUT2D eigenvalue weighted by Gasteiger charge is -2.45. The Labute approximate surface area is 617 Å². The number of esters is 9. The van der Waals surface area contributed by atoms with Crippen molar-refractivity contribution >= 4 is 59.7 Å². The van der Waals surface area contributed by atoms with Crippen molar-refractivity contribution in [3.05, 3.63) is 251 Å². The quantitative estimate of drug-likeness (QED) is 0.0158. The molecule has 107 heavy (non-hydrogen) atoms. The predicted octanol–water partition coefficient (Wildman–Crippen LogP) is 10.7. The van der Waals surface area contributed by atoms with Gasteiger partial charge in [-0.1, -0.05) is 160 Å². The van der Waals surface area contributed by atoms with Crippen molar-refractivity contribution < 1.29 is 124 Å². The van der Waals surface area contributed by atoms with Crippen molar-refractivity contribution in [2.75, 3.05) is 26.4 Å². The molecule has 0 aliphatic carbocycles. The highest BCUT2D eigenvalue weighted by atomic mass is 16.8. The Kier molecular flexibility index (Phi) is 30.7. The van der Waals surface area contributed by atoms with Crippen LogP contribution in [0.1, 0.15) is 145 Å². The zero-order valence-electron chi connectivity index (χ0n) is 59.0. The van der Waals surface area contributed by atoms with Gasteiger partial charge < -0.3 is 76.5 Å². The zero-order valence-corrected chi connectivity index (χ0v) is 59.0. The third-order valence-corrected chi connectivity index (χ3v) is 17.1. The molecule has 2 aliphatic rings. The summed E-state index contributed by atoms with van der Waals surface area (Å²) >= 11 is 0. The Hall–Kier alpha value is -11.0. The first kappa shape index (κ1) is 80.1. The second kappa shape index (κ2) is 41.0. The maximum Gasteiger partial charge on any atom is 0.338 e. The summed E-state index contributed by atoms with van der Waals surface area (Å²) < 4.78 is 88.2. The van der Waals surface area contributed by atoms with Gasteiger partial charge >= 0.3 is 59.7 Å². The smallest absolute Gasteiger partial charge is 0.338 e. The fraction of sp³-hybridized carbons (Fsp3) is 0.358. The lowest BCUT2D eigenvalue weighted by molar-refractivity contribution is -0.320. The van der Waals surface area contributed by atoms with Crippen LogP contribution in [0.4, 0.5) is 0 Å². The van der Waals surface area contributed by atoms with Gasteiger partial charge in [0.25, 0.3) is 0 Å². The number of aliphatic hydroxyl groups excluding tert-OH is 1. The van der Waals surface area contributed by atoms with Crippen LogP contribution in [0.25, 0.3) is 0 Å². The topological polar surface area (TPSA) is 340 Å². The lowest BCUT2D eigenvalue weighted by Crippen LogP contribution is -2.63. The summed E-state index contributed by atoms with van der Waals surface area (Å²) in [7, 11) is 0. The summed E-state index contributed by atoms with van der Waals surface area (Å²) in [5.74, 6) is -10.9. The SMILES string of the molecule is CC(=O)OC(C(C)COC1OC(COC(=O)c2ccccc2)C(OC(=O)c2ccccc2)C(OC(=O)c2ccccc2)C1OC(=O)c1ccccc1)C(OC1OC(COC(=O)c2ccccc2)CC(OC(=O)c2ccccc2)C1OC(=O)c1ccccc1)C(OC(C)=O)C(O)OCCCCCCCCC(=O)O. The van der Waals surface area contributed by atoms with E-state index in [4.69, 9.17) is 71.4 Å².